The topological polar surface area (TPSA) is 58.8 Å². The molecule has 0 bridgehead atoms. The molecule has 2 rings (SSSR count). The van der Waals surface area contributed by atoms with Crippen molar-refractivity contribution in [1.29, 1.82) is 0 Å². The lowest BCUT2D eigenvalue weighted by atomic mass is 10.1. The fraction of sp³-hybridized carbons (Fsp3) is 0.250. The number of nitrogens with two attached hydrogens (primary N) is 1. The second-order valence-corrected chi connectivity index (χ2v) is 2.64. The quantitative estimate of drug-likeness (QED) is 0.358. The average Bonchev–Trinajstić information content (AvgIpc) is 2.77. The van der Waals surface area contributed by atoms with Crippen LogP contribution in [-0.4, -0.2) is 11.7 Å². The molecule has 1 aromatic carbocycles. The Balaban J connectivity index is 2.36. The molecule has 0 saturated carbocycles. The molecule has 1 fully saturated rings. The molecule has 1 aliphatic heterocycles. The zero-order chi connectivity index (χ0) is 7.84. The Kier molecular flexibility index (Phi) is 1.26. The fourth-order valence-corrected chi connectivity index (χ4v) is 1.01. The zero-order valence-electron chi connectivity index (χ0n) is 5.95. The zero-order valence-corrected chi connectivity index (χ0v) is 5.95. The number of epoxide rings is 1. The second-order valence-electron chi connectivity index (χ2n) is 2.64. The Morgan fingerprint density at radius 3 is 2.82 bits per heavy atom. The highest BCUT2D eigenvalue weighted by Gasteiger charge is 2.24. The predicted molar refractivity (Wildman–Crippen MR) is 41.2 cm³/mol. The molecular formula is C8H9NO2. The van der Waals surface area contributed by atoms with Gasteiger partial charge in [-0.3, -0.25) is 0 Å². The van der Waals surface area contributed by atoms with Gasteiger partial charge in [0.2, 0.25) is 0 Å². The van der Waals surface area contributed by atoms with Crippen molar-refractivity contribution in [3.63, 3.8) is 0 Å². The van der Waals surface area contributed by atoms with Crippen molar-refractivity contribution in [1.82, 2.24) is 0 Å². The van der Waals surface area contributed by atoms with Crippen molar-refractivity contribution in [3.05, 3.63) is 23.8 Å². The van der Waals surface area contributed by atoms with Gasteiger partial charge in [-0.1, -0.05) is 6.07 Å². The molecule has 1 heterocycles. The lowest BCUT2D eigenvalue weighted by Gasteiger charge is -1.99. The molecule has 0 spiro atoms. The second kappa shape index (κ2) is 2.13. The number of benzene rings is 1. The molecule has 1 atom stereocenters. The van der Waals surface area contributed by atoms with Crippen molar-refractivity contribution < 1.29 is 9.84 Å². The van der Waals surface area contributed by atoms with Gasteiger partial charge in [-0.2, -0.15) is 0 Å². The highest BCUT2D eigenvalue weighted by molar-refractivity contribution is 5.53. The molecule has 1 unspecified atom stereocenters. The van der Waals surface area contributed by atoms with Crippen LogP contribution in [0, 0.1) is 0 Å². The normalized spacial score (nSPS) is 21.6. The van der Waals surface area contributed by atoms with E-state index in [9.17, 15) is 0 Å². The van der Waals surface area contributed by atoms with Crippen LogP contribution in [0.4, 0.5) is 5.69 Å². The molecule has 58 valence electrons. The van der Waals surface area contributed by atoms with E-state index >= 15 is 0 Å². The van der Waals surface area contributed by atoms with Gasteiger partial charge >= 0.3 is 0 Å². The van der Waals surface area contributed by atoms with E-state index in [2.05, 4.69) is 0 Å². The number of phenols is 1. The summed E-state index contributed by atoms with van der Waals surface area (Å²) in [7, 11) is 0. The average molecular weight is 151 g/mol. The summed E-state index contributed by atoms with van der Waals surface area (Å²) in [6, 6.07) is 5.16. The van der Waals surface area contributed by atoms with Gasteiger partial charge in [0, 0.05) is 0 Å². The lowest BCUT2D eigenvalue weighted by Crippen LogP contribution is -1.88. The number of aromatic hydroxyl groups is 1. The van der Waals surface area contributed by atoms with E-state index in [1.807, 2.05) is 6.07 Å². The molecule has 1 saturated heterocycles. The SMILES string of the molecule is Nc1cc(C2CO2)ccc1O. The third-order valence-corrected chi connectivity index (χ3v) is 1.76. The number of rotatable bonds is 1. The van der Waals surface area contributed by atoms with E-state index in [0.717, 1.165) is 12.2 Å². The van der Waals surface area contributed by atoms with Gasteiger partial charge in [-0.15, -0.1) is 0 Å². The number of hydrogen-bond donors (Lipinski definition) is 2. The van der Waals surface area contributed by atoms with E-state index in [1.165, 1.54) is 0 Å². The summed E-state index contributed by atoms with van der Waals surface area (Å²) in [5.74, 6) is 0.134. The monoisotopic (exact) mass is 151 g/mol. The van der Waals surface area contributed by atoms with Crippen LogP contribution in [0.1, 0.15) is 11.7 Å². The summed E-state index contributed by atoms with van der Waals surface area (Å²) in [5.41, 5.74) is 6.94. The van der Waals surface area contributed by atoms with Gasteiger partial charge in [0.15, 0.2) is 0 Å². The van der Waals surface area contributed by atoms with E-state index in [-0.39, 0.29) is 11.9 Å². The fourth-order valence-electron chi connectivity index (χ4n) is 1.01. The number of nitrogen functional groups attached to an aromatic ring is 1. The Morgan fingerprint density at radius 1 is 1.55 bits per heavy atom. The van der Waals surface area contributed by atoms with Gasteiger partial charge in [0.1, 0.15) is 11.9 Å². The molecule has 3 nitrogen and oxygen atoms in total. The van der Waals surface area contributed by atoms with Gasteiger partial charge < -0.3 is 15.6 Å². The minimum atomic E-state index is 0.134. The third kappa shape index (κ3) is 1.14. The molecule has 11 heavy (non-hydrogen) atoms. The maximum Gasteiger partial charge on any atom is 0.138 e. The van der Waals surface area contributed by atoms with Crippen molar-refractivity contribution in [2.45, 2.75) is 6.10 Å². The first-order valence-corrected chi connectivity index (χ1v) is 3.47. The molecule has 3 heteroatoms. The first-order chi connectivity index (χ1) is 5.27. The molecule has 0 amide bonds. The summed E-state index contributed by atoms with van der Waals surface area (Å²) >= 11 is 0. The van der Waals surface area contributed by atoms with Crippen LogP contribution in [0.5, 0.6) is 5.75 Å². The van der Waals surface area contributed by atoms with E-state index in [0.29, 0.717) is 5.69 Å². The van der Waals surface area contributed by atoms with Crippen LogP contribution < -0.4 is 5.73 Å². The van der Waals surface area contributed by atoms with Crippen LogP contribution in [0.25, 0.3) is 0 Å². The molecule has 3 N–H and O–H groups in total. The van der Waals surface area contributed by atoms with E-state index in [4.69, 9.17) is 15.6 Å². The summed E-state index contributed by atoms with van der Waals surface area (Å²) in [6.07, 6.45) is 0.206. The third-order valence-electron chi connectivity index (χ3n) is 1.76. The van der Waals surface area contributed by atoms with Gasteiger partial charge in [-0.25, -0.2) is 0 Å². The van der Waals surface area contributed by atoms with Crippen molar-refractivity contribution in [2.24, 2.45) is 0 Å². The maximum absolute atomic E-state index is 9.08. The molecular weight excluding hydrogens is 142 g/mol. The molecule has 1 aliphatic rings. The number of hydrogen-bond acceptors (Lipinski definition) is 3. The van der Waals surface area contributed by atoms with Crippen LogP contribution >= 0.6 is 0 Å². The van der Waals surface area contributed by atoms with Crippen molar-refractivity contribution in [3.8, 4) is 5.75 Å². The van der Waals surface area contributed by atoms with Crippen LogP contribution in [0.15, 0.2) is 18.2 Å². The highest BCUT2D eigenvalue weighted by atomic mass is 16.6. The van der Waals surface area contributed by atoms with Gasteiger partial charge in [0.05, 0.1) is 12.3 Å². The molecule has 1 aromatic rings. The Labute approximate surface area is 64.4 Å². The summed E-state index contributed by atoms with van der Waals surface area (Å²) in [4.78, 5) is 0. The van der Waals surface area contributed by atoms with Crippen molar-refractivity contribution in [2.75, 3.05) is 12.3 Å². The number of anilines is 1. The van der Waals surface area contributed by atoms with Crippen LogP contribution in [0.3, 0.4) is 0 Å². The Bertz CT molecular complexity index is 281. The van der Waals surface area contributed by atoms with Crippen molar-refractivity contribution >= 4 is 5.69 Å². The number of ether oxygens (including phenoxy) is 1. The van der Waals surface area contributed by atoms with Gasteiger partial charge in [0.25, 0.3) is 0 Å². The largest absolute Gasteiger partial charge is 0.506 e. The molecule has 0 aliphatic carbocycles. The molecule has 0 radical (unpaired) electrons. The summed E-state index contributed by atoms with van der Waals surface area (Å²) in [5, 5.41) is 9.08. The first-order valence-electron chi connectivity index (χ1n) is 3.47. The van der Waals surface area contributed by atoms with Gasteiger partial charge in [-0.05, 0) is 17.7 Å². The van der Waals surface area contributed by atoms with Crippen LogP contribution in [0.2, 0.25) is 0 Å². The smallest absolute Gasteiger partial charge is 0.138 e. The predicted octanol–water partition coefficient (Wildman–Crippen LogP) is 1.05. The van der Waals surface area contributed by atoms with Crippen LogP contribution in [-0.2, 0) is 4.74 Å². The number of phenolic OH excluding ortho intramolecular Hbond substituents is 1. The first kappa shape index (κ1) is 6.49. The van der Waals surface area contributed by atoms with E-state index < -0.39 is 0 Å². The standard InChI is InChI=1S/C8H9NO2/c9-6-3-5(8-4-11-8)1-2-7(6)10/h1-3,8,10H,4,9H2. The molecule has 0 aromatic heterocycles. The Hall–Kier alpha value is -1.22. The Morgan fingerprint density at radius 2 is 2.27 bits per heavy atom. The lowest BCUT2D eigenvalue weighted by molar-refractivity contribution is 0.415. The van der Waals surface area contributed by atoms with E-state index in [1.54, 1.807) is 12.1 Å². The summed E-state index contributed by atoms with van der Waals surface area (Å²) in [6.45, 7) is 0.768. The summed E-state index contributed by atoms with van der Waals surface area (Å²) < 4.78 is 5.05. The minimum absolute atomic E-state index is 0.134. The minimum Gasteiger partial charge on any atom is -0.506 e. The highest BCUT2D eigenvalue weighted by Crippen LogP contribution is 2.33. The maximum atomic E-state index is 9.08.